The van der Waals surface area contributed by atoms with Crippen molar-refractivity contribution in [1.82, 2.24) is 5.32 Å². The molecule has 0 radical (unpaired) electrons. The SMILES string of the molecule is CCCCCCCCCCCCCCCCCCCCCCCC(O)CC(=O)NC(COP(=O)(O)OC1C(O)C(O)C(O)C(O)C1O)C(O)CCCCCCCCC. The van der Waals surface area contributed by atoms with Gasteiger partial charge in [-0.05, 0) is 12.8 Å². The molecule has 58 heavy (non-hydrogen) atoms. The molecule has 0 bridgehead atoms. The summed E-state index contributed by atoms with van der Waals surface area (Å²) in [5.74, 6) is -0.560. The number of aliphatic hydroxyl groups is 7. The second-order valence-corrected chi connectivity index (χ2v) is 18.6. The van der Waals surface area contributed by atoms with Crippen LogP contribution in [-0.4, -0.2) is 108 Å². The van der Waals surface area contributed by atoms with Gasteiger partial charge in [0.05, 0.1) is 31.3 Å². The van der Waals surface area contributed by atoms with Gasteiger partial charge in [0.15, 0.2) is 0 Å². The Balaban J connectivity index is 2.34. The normalized spacial score (nSPS) is 23.7. The van der Waals surface area contributed by atoms with E-state index < -0.39 is 75.2 Å². The van der Waals surface area contributed by atoms with Crippen LogP contribution < -0.4 is 5.32 Å². The van der Waals surface area contributed by atoms with E-state index in [1.165, 1.54) is 109 Å². The minimum absolute atomic E-state index is 0.217. The van der Waals surface area contributed by atoms with E-state index in [0.717, 1.165) is 64.2 Å². The van der Waals surface area contributed by atoms with Crippen molar-refractivity contribution in [3.05, 3.63) is 0 Å². The molecule has 14 heteroatoms. The number of phosphoric acid groups is 1. The maximum atomic E-state index is 12.9. The summed E-state index contributed by atoms with van der Waals surface area (Å²) in [6.45, 7) is 3.73. The molecule has 0 heterocycles. The van der Waals surface area contributed by atoms with E-state index in [4.69, 9.17) is 9.05 Å². The van der Waals surface area contributed by atoms with Gasteiger partial charge in [-0.2, -0.15) is 0 Å². The molecule has 0 saturated heterocycles. The molecule has 346 valence electrons. The summed E-state index contributed by atoms with van der Waals surface area (Å²) in [5.41, 5.74) is 0. The van der Waals surface area contributed by atoms with Crippen LogP contribution in [0.5, 0.6) is 0 Å². The fourth-order valence-electron chi connectivity index (χ4n) is 7.83. The first kappa shape index (κ1) is 55.3. The topological polar surface area (TPSA) is 226 Å². The quantitative estimate of drug-likeness (QED) is 0.0215. The van der Waals surface area contributed by atoms with Gasteiger partial charge in [-0.3, -0.25) is 13.8 Å². The lowest BCUT2D eigenvalue weighted by Gasteiger charge is -2.41. The predicted molar refractivity (Wildman–Crippen MR) is 229 cm³/mol. The summed E-state index contributed by atoms with van der Waals surface area (Å²) in [6, 6.07) is -1.15. The maximum absolute atomic E-state index is 12.9. The van der Waals surface area contributed by atoms with Crippen molar-refractivity contribution < 1.29 is 59.0 Å². The molecule has 1 saturated carbocycles. The van der Waals surface area contributed by atoms with E-state index in [1.54, 1.807) is 0 Å². The highest BCUT2D eigenvalue weighted by molar-refractivity contribution is 7.47. The second-order valence-electron chi connectivity index (χ2n) is 17.2. The van der Waals surface area contributed by atoms with Gasteiger partial charge in [0.2, 0.25) is 5.91 Å². The van der Waals surface area contributed by atoms with Crippen molar-refractivity contribution in [2.24, 2.45) is 0 Å². The van der Waals surface area contributed by atoms with Crippen LogP contribution in [0.3, 0.4) is 0 Å². The highest BCUT2D eigenvalue weighted by atomic mass is 31.2. The molecular weight excluding hydrogens is 765 g/mol. The summed E-state index contributed by atoms with van der Waals surface area (Å²) in [5, 5.41) is 74.3. The molecule has 0 aromatic heterocycles. The Morgan fingerprint density at radius 2 is 0.862 bits per heavy atom. The molecule has 1 aliphatic carbocycles. The first-order chi connectivity index (χ1) is 27.8. The first-order valence-corrected chi connectivity index (χ1v) is 25.1. The van der Waals surface area contributed by atoms with E-state index in [9.17, 15) is 50.0 Å². The van der Waals surface area contributed by atoms with E-state index in [-0.39, 0.29) is 12.8 Å². The zero-order valence-electron chi connectivity index (χ0n) is 36.5. The van der Waals surface area contributed by atoms with E-state index >= 15 is 0 Å². The Morgan fingerprint density at radius 1 is 0.534 bits per heavy atom. The number of carbonyl (C=O) groups excluding carboxylic acids is 1. The summed E-state index contributed by atoms with van der Waals surface area (Å²) >= 11 is 0. The van der Waals surface area contributed by atoms with Gasteiger partial charge in [0.1, 0.15) is 36.6 Å². The Kier molecular flexibility index (Phi) is 33.2. The molecule has 0 aromatic carbocycles. The van der Waals surface area contributed by atoms with E-state index in [1.807, 2.05) is 0 Å². The Bertz CT molecular complexity index is 1010. The van der Waals surface area contributed by atoms with Crippen LogP contribution in [0.25, 0.3) is 0 Å². The number of hydrogen-bond acceptors (Lipinski definition) is 11. The van der Waals surface area contributed by atoms with Crippen LogP contribution in [0, 0.1) is 0 Å². The third-order valence-corrected chi connectivity index (χ3v) is 12.7. The minimum atomic E-state index is -5.10. The van der Waals surface area contributed by atoms with Crippen LogP contribution in [0.15, 0.2) is 0 Å². The van der Waals surface area contributed by atoms with Gasteiger partial charge < -0.3 is 46.0 Å². The number of hydrogen-bond donors (Lipinski definition) is 9. The number of unbranched alkanes of at least 4 members (excludes halogenated alkanes) is 26. The second kappa shape index (κ2) is 34.8. The van der Waals surface area contributed by atoms with Crippen LogP contribution in [-0.2, 0) is 18.4 Å². The van der Waals surface area contributed by atoms with Crippen molar-refractivity contribution in [3.63, 3.8) is 0 Å². The third-order valence-electron chi connectivity index (χ3n) is 11.7. The largest absolute Gasteiger partial charge is 0.472 e. The molecule has 1 rings (SSSR count). The van der Waals surface area contributed by atoms with Gasteiger partial charge in [-0.1, -0.05) is 194 Å². The molecule has 8 atom stereocenters. The number of aliphatic hydroxyl groups excluding tert-OH is 7. The van der Waals surface area contributed by atoms with Gasteiger partial charge >= 0.3 is 7.82 Å². The van der Waals surface area contributed by atoms with Crippen molar-refractivity contribution >= 4 is 13.7 Å². The van der Waals surface area contributed by atoms with Crippen molar-refractivity contribution in [2.45, 2.75) is 268 Å². The van der Waals surface area contributed by atoms with Gasteiger partial charge in [-0.15, -0.1) is 0 Å². The standard InChI is InChI=1S/C44H88NO12P/c1-3-5-7-9-11-12-13-14-15-16-17-18-19-20-21-22-23-24-26-27-29-31-35(46)33-38(48)45-36(37(47)32-30-28-25-10-8-6-4-2)34-56-58(54,55)57-44-42(52)40(50)39(49)41(51)43(44)53/h35-37,39-44,46-47,49-53H,3-34H2,1-2H3,(H,45,48)(H,54,55). The average Bonchev–Trinajstić information content (AvgIpc) is 3.19. The van der Waals surface area contributed by atoms with Gasteiger partial charge in [0, 0.05) is 0 Å². The monoisotopic (exact) mass is 854 g/mol. The summed E-state index contributed by atoms with van der Waals surface area (Å²) in [7, 11) is -5.10. The van der Waals surface area contributed by atoms with Crippen LogP contribution in [0.1, 0.15) is 213 Å². The number of carbonyl (C=O) groups is 1. The zero-order valence-corrected chi connectivity index (χ0v) is 37.4. The third kappa shape index (κ3) is 26.6. The molecule has 9 N–H and O–H groups in total. The van der Waals surface area contributed by atoms with Crippen molar-refractivity contribution in [2.75, 3.05) is 6.61 Å². The smallest absolute Gasteiger partial charge is 0.393 e. The van der Waals surface area contributed by atoms with Crippen LogP contribution in [0.4, 0.5) is 0 Å². The highest BCUT2D eigenvalue weighted by Crippen LogP contribution is 2.47. The Morgan fingerprint density at radius 3 is 1.24 bits per heavy atom. The average molecular weight is 854 g/mol. The van der Waals surface area contributed by atoms with Crippen molar-refractivity contribution in [1.29, 1.82) is 0 Å². The van der Waals surface area contributed by atoms with Gasteiger partial charge in [-0.25, -0.2) is 4.57 Å². The highest BCUT2D eigenvalue weighted by Gasteiger charge is 2.51. The lowest BCUT2D eigenvalue weighted by molar-refractivity contribution is -0.220. The van der Waals surface area contributed by atoms with E-state index in [2.05, 4.69) is 19.2 Å². The minimum Gasteiger partial charge on any atom is -0.393 e. The number of amides is 1. The molecule has 0 spiro atoms. The lowest BCUT2D eigenvalue weighted by Crippen LogP contribution is -2.64. The molecule has 0 aliphatic heterocycles. The number of rotatable bonds is 39. The van der Waals surface area contributed by atoms with E-state index in [0.29, 0.717) is 12.8 Å². The van der Waals surface area contributed by atoms with Gasteiger partial charge in [0.25, 0.3) is 0 Å². The van der Waals surface area contributed by atoms with Crippen molar-refractivity contribution in [3.8, 4) is 0 Å². The molecule has 0 aromatic rings. The summed E-state index contributed by atoms with van der Waals surface area (Å²) in [4.78, 5) is 23.3. The fourth-order valence-corrected chi connectivity index (χ4v) is 8.80. The zero-order chi connectivity index (χ0) is 43.0. The molecule has 13 nitrogen and oxygen atoms in total. The first-order valence-electron chi connectivity index (χ1n) is 23.6. The molecule has 1 aliphatic rings. The van der Waals surface area contributed by atoms with Crippen LogP contribution >= 0.6 is 7.82 Å². The Hall–Kier alpha value is -0.700. The lowest BCUT2D eigenvalue weighted by atomic mass is 9.85. The summed E-state index contributed by atoms with van der Waals surface area (Å²) < 4.78 is 22.8. The maximum Gasteiger partial charge on any atom is 0.472 e. The molecular formula is C44H88NO12P. The summed E-state index contributed by atoms with van der Waals surface area (Å²) in [6.07, 6.45) is 20.6. The molecule has 1 fully saturated rings. The fraction of sp³-hybridized carbons (Fsp3) is 0.977. The Labute approximate surface area is 351 Å². The predicted octanol–water partition coefficient (Wildman–Crippen LogP) is 7.65. The molecule has 1 amide bonds. The number of phosphoric ester groups is 1. The molecule has 8 unspecified atom stereocenters. The van der Waals surface area contributed by atoms with Crippen LogP contribution in [0.2, 0.25) is 0 Å². The number of nitrogens with one attached hydrogen (secondary N) is 1.